The fraction of sp³-hybridized carbons (Fsp3) is 0.0714. The van der Waals surface area contributed by atoms with Gasteiger partial charge in [-0.2, -0.15) is 5.26 Å². The van der Waals surface area contributed by atoms with Crippen molar-refractivity contribution >= 4 is 11.4 Å². The molecule has 2 rings (SSSR count). The predicted octanol–water partition coefficient (Wildman–Crippen LogP) is 3.89. The van der Waals surface area contributed by atoms with E-state index < -0.39 is 11.6 Å². The molecule has 1 N–H and O–H groups in total. The first-order valence-electron chi connectivity index (χ1n) is 5.33. The molecule has 4 heteroatoms. The zero-order chi connectivity index (χ0) is 13.1. The van der Waals surface area contributed by atoms with E-state index in [1.165, 1.54) is 12.1 Å². The van der Waals surface area contributed by atoms with E-state index in [9.17, 15) is 8.78 Å². The van der Waals surface area contributed by atoms with E-state index in [-0.39, 0.29) is 5.69 Å². The second-order valence-electron chi connectivity index (χ2n) is 3.89. The lowest BCUT2D eigenvalue weighted by molar-refractivity contribution is 0.512. The highest BCUT2D eigenvalue weighted by molar-refractivity contribution is 5.67. The third-order valence-electron chi connectivity index (χ3n) is 2.52. The third-order valence-corrected chi connectivity index (χ3v) is 2.52. The van der Waals surface area contributed by atoms with E-state index in [1.54, 1.807) is 18.2 Å². The van der Waals surface area contributed by atoms with E-state index in [4.69, 9.17) is 5.26 Å². The molecule has 2 nitrogen and oxygen atoms in total. The average molecular weight is 244 g/mol. The minimum Gasteiger partial charge on any atom is -0.352 e. The van der Waals surface area contributed by atoms with Gasteiger partial charge in [-0.1, -0.05) is 12.1 Å². The van der Waals surface area contributed by atoms with Gasteiger partial charge in [-0.15, -0.1) is 0 Å². The van der Waals surface area contributed by atoms with Crippen LogP contribution >= 0.6 is 0 Å². The molecule has 0 bridgehead atoms. The molecule has 0 radical (unpaired) electrons. The molecule has 2 aromatic carbocycles. The molecule has 0 saturated carbocycles. The molecule has 0 atom stereocenters. The van der Waals surface area contributed by atoms with Gasteiger partial charge in [0.25, 0.3) is 0 Å². The molecule has 90 valence electrons. The van der Waals surface area contributed by atoms with Crippen LogP contribution in [-0.2, 0) is 0 Å². The van der Waals surface area contributed by atoms with Crippen LogP contribution in [0.4, 0.5) is 20.2 Å². The van der Waals surface area contributed by atoms with E-state index in [2.05, 4.69) is 5.32 Å². The summed E-state index contributed by atoms with van der Waals surface area (Å²) in [5.41, 5.74) is 1.78. The number of benzene rings is 2. The molecule has 2 aromatic rings. The minimum absolute atomic E-state index is 0.00959. The van der Waals surface area contributed by atoms with Crippen LogP contribution in [0.1, 0.15) is 11.1 Å². The Bertz CT molecular complexity index is 630. The Hall–Kier alpha value is -2.41. The van der Waals surface area contributed by atoms with Gasteiger partial charge in [-0.25, -0.2) is 8.78 Å². The molecular formula is C14H10F2N2. The van der Waals surface area contributed by atoms with Crippen LogP contribution in [-0.4, -0.2) is 0 Å². The first-order chi connectivity index (χ1) is 8.61. The summed E-state index contributed by atoms with van der Waals surface area (Å²) in [4.78, 5) is 0. The molecule has 18 heavy (non-hydrogen) atoms. The van der Waals surface area contributed by atoms with Gasteiger partial charge in [0.05, 0.1) is 16.9 Å². The number of aryl methyl sites for hydroxylation is 1. The van der Waals surface area contributed by atoms with Gasteiger partial charge in [-0.3, -0.25) is 0 Å². The van der Waals surface area contributed by atoms with E-state index >= 15 is 0 Å². The lowest BCUT2D eigenvalue weighted by Crippen LogP contribution is -1.98. The smallest absolute Gasteiger partial charge is 0.182 e. The van der Waals surface area contributed by atoms with Crippen molar-refractivity contribution in [1.29, 1.82) is 5.26 Å². The Labute approximate surface area is 103 Å². The summed E-state index contributed by atoms with van der Waals surface area (Å²) in [7, 11) is 0. The summed E-state index contributed by atoms with van der Waals surface area (Å²) in [6, 6.07) is 11.0. The molecular weight excluding hydrogens is 234 g/mol. The topological polar surface area (TPSA) is 35.8 Å². The van der Waals surface area contributed by atoms with E-state index in [0.717, 1.165) is 11.6 Å². The van der Waals surface area contributed by atoms with Crippen LogP contribution in [0.15, 0.2) is 36.4 Å². The van der Waals surface area contributed by atoms with Gasteiger partial charge < -0.3 is 5.32 Å². The fourth-order valence-corrected chi connectivity index (χ4v) is 1.61. The molecule has 0 aliphatic heterocycles. The van der Waals surface area contributed by atoms with Gasteiger partial charge in [0.1, 0.15) is 6.07 Å². The number of nitrogens with zero attached hydrogens (tertiary/aromatic N) is 1. The molecule has 0 heterocycles. The number of anilines is 2. The molecule has 0 aliphatic carbocycles. The van der Waals surface area contributed by atoms with Crippen LogP contribution in [0.2, 0.25) is 0 Å². The summed E-state index contributed by atoms with van der Waals surface area (Å²) in [6.07, 6.45) is 0. The summed E-state index contributed by atoms with van der Waals surface area (Å²) in [5, 5.41) is 11.7. The lowest BCUT2D eigenvalue weighted by Gasteiger charge is -2.10. The SMILES string of the molecule is Cc1ccc(Nc2cccc(F)c2F)c(C#N)c1. The Morgan fingerprint density at radius 3 is 2.61 bits per heavy atom. The lowest BCUT2D eigenvalue weighted by atomic mass is 10.1. The largest absolute Gasteiger partial charge is 0.352 e. The molecule has 0 unspecified atom stereocenters. The van der Waals surface area contributed by atoms with Gasteiger partial charge in [0.2, 0.25) is 0 Å². The number of hydrogen-bond donors (Lipinski definition) is 1. The maximum atomic E-state index is 13.5. The minimum atomic E-state index is -0.957. The van der Waals surface area contributed by atoms with Gasteiger partial charge in [0.15, 0.2) is 11.6 Å². The highest BCUT2D eigenvalue weighted by Crippen LogP contribution is 2.24. The van der Waals surface area contributed by atoms with Crippen molar-refractivity contribution in [2.45, 2.75) is 6.92 Å². The number of hydrogen-bond acceptors (Lipinski definition) is 2. The second-order valence-corrected chi connectivity index (χ2v) is 3.89. The molecule has 0 fully saturated rings. The first kappa shape index (κ1) is 12.1. The Kier molecular flexibility index (Phi) is 3.24. The van der Waals surface area contributed by atoms with Crippen molar-refractivity contribution in [2.24, 2.45) is 0 Å². The van der Waals surface area contributed by atoms with Crippen LogP contribution in [0.5, 0.6) is 0 Å². The zero-order valence-corrected chi connectivity index (χ0v) is 9.67. The fourth-order valence-electron chi connectivity index (χ4n) is 1.61. The van der Waals surface area contributed by atoms with Gasteiger partial charge >= 0.3 is 0 Å². The van der Waals surface area contributed by atoms with Crippen molar-refractivity contribution in [3.8, 4) is 6.07 Å². The van der Waals surface area contributed by atoms with E-state index in [1.807, 2.05) is 13.0 Å². The summed E-state index contributed by atoms with van der Waals surface area (Å²) < 4.78 is 26.5. The molecule has 0 saturated heterocycles. The number of nitrogens with one attached hydrogen (secondary N) is 1. The quantitative estimate of drug-likeness (QED) is 0.869. The monoisotopic (exact) mass is 244 g/mol. The van der Waals surface area contributed by atoms with Crippen LogP contribution in [0.3, 0.4) is 0 Å². The molecule has 0 aromatic heterocycles. The molecule has 0 spiro atoms. The van der Waals surface area contributed by atoms with Crippen LogP contribution in [0, 0.1) is 29.9 Å². The van der Waals surface area contributed by atoms with Crippen molar-refractivity contribution < 1.29 is 8.78 Å². The highest BCUT2D eigenvalue weighted by Gasteiger charge is 2.09. The number of rotatable bonds is 2. The van der Waals surface area contributed by atoms with Crippen LogP contribution in [0.25, 0.3) is 0 Å². The molecule has 0 aliphatic rings. The Morgan fingerprint density at radius 2 is 1.89 bits per heavy atom. The number of halogens is 2. The Balaban J connectivity index is 2.41. The zero-order valence-electron chi connectivity index (χ0n) is 9.67. The van der Waals surface area contributed by atoms with Crippen molar-refractivity contribution in [2.75, 3.05) is 5.32 Å². The van der Waals surface area contributed by atoms with Crippen molar-refractivity contribution in [3.05, 3.63) is 59.2 Å². The number of nitriles is 1. The summed E-state index contributed by atoms with van der Waals surface area (Å²) in [5.74, 6) is -1.88. The summed E-state index contributed by atoms with van der Waals surface area (Å²) in [6.45, 7) is 1.85. The second kappa shape index (κ2) is 4.84. The Morgan fingerprint density at radius 1 is 1.11 bits per heavy atom. The van der Waals surface area contributed by atoms with Crippen molar-refractivity contribution in [1.82, 2.24) is 0 Å². The standard InChI is InChI=1S/C14H10F2N2/c1-9-5-6-12(10(7-9)8-17)18-13-4-2-3-11(15)14(13)16/h2-7,18H,1H3. The average Bonchev–Trinajstić information content (AvgIpc) is 2.37. The maximum absolute atomic E-state index is 13.5. The predicted molar refractivity (Wildman–Crippen MR) is 65.5 cm³/mol. The molecule has 0 amide bonds. The van der Waals surface area contributed by atoms with E-state index in [0.29, 0.717) is 11.3 Å². The van der Waals surface area contributed by atoms with Gasteiger partial charge in [-0.05, 0) is 36.8 Å². The van der Waals surface area contributed by atoms with Crippen LogP contribution < -0.4 is 5.32 Å². The first-order valence-corrected chi connectivity index (χ1v) is 5.33. The third kappa shape index (κ3) is 2.30. The van der Waals surface area contributed by atoms with Crippen molar-refractivity contribution in [3.63, 3.8) is 0 Å². The highest BCUT2D eigenvalue weighted by atomic mass is 19.2. The normalized spacial score (nSPS) is 9.89. The summed E-state index contributed by atoms with van der Waals surface area (Å²) >= 11 is 0. The van der Waals surface area contributed by atoms with Gasteiger partial charge in [0, 0.05) is 0 Å². The maximum Gasteiger partial charge on any atom is 0.182 e.